The zero-order chi connectivity index (χ0) is 8.97. The number of aromatic nitrogens is 1. The number of rotatable bonds is 1. The molecule has 0 saturated carbocycles. The number of nitrogens with one attached hydrogen (secondary N) is 1. The summed E-state index contributed by atoms with van der Waals surface area (Å²) in [5.41, 5.74) is 5.73. The van der Waals surface area contributed by atoms with Crippen LogP contribution in [0.5, 0.6) is 0 Å². The van der Waals surface area contributed by atoms with Gasteiger partial charge in [0, 0.05) is 6.20 Å². The van der Waals surface area contributed by atoms with Crippen molar-refractivity contribution >= 4 is 23.1 Å². The molecule has 0 aliphatic carbocycles. The maximum absolute atomic E-state index is 8.53. The maximum atomic E-state index is 8.53. The van der Waals surface area contributed by atoms with Crippen molar-refractivity contribution in [2.45, 2.75) is 0 Å². The largest absolute Gasteiger partial charge is 0.376 e. The summed E-state index contributed by atoms with van der Waals surface area (Å²) in [6.07, 6.45) is 1.51. The molecule has 0 amide bonds. The summed E-state index contributed by atoms with van der Waals surface area (Å²) in [4.78, 5) is 3.90. The van der Waals surface area contributed by atoms with Gasteiger partial charge in [-0.25, -0.2) is 4.98 Å². The van der Waals surface area contributed by atoms with Crippen LogP contribution >= 0.6 is 12.2 Å². The van der Waals surface area contributed by atoms with Crippen molar-refractivity contribution in [2.24, 2.45) is 5.73 Å². The Morgan fingerprint density at radius 2 is 2.50 bits per heavy atom. The third-order valence-electron chi connectivity index (χ3n) is 1.14. The van der Waals surface area contributed by atoms with E-state index < -0.39 is 0 Å². The molecule has 0 fully saturated rings. The normalized spacial score (nSPS) is 8.58. The van der Waals surface area contributed by atoms with Gasteiger partial charge < -0.3 is 11.1 Å². The molecule has 0 bridgehead atoms. The summed E-state index contributed by atoms with van der Waals surface area (Å²) < 4.78 is 0. The molecule has 0 spiro atoms. The van der Waals surface area contributed by atoms with Gasteiger partial charge in [0.15, 0.2) is 5.11 Å². The molecule has 0 aliphatic rings. The lowest BCUT2D eigenvalue weighted by atomic mass is 10.3. The van der Waals surface area contributed by atoms with Crippen LogP contribution in [-0.2, 0) is 0 Å². The second-order valence-corrected chi connectivity index (χ2v) is 2.47. The molecule has 12 heavy (non-hydrogen) atoms. The molecule has 0 radical (unpaired) electrons. The van der Waals surface area contributed by atoms with Gasteiger partial charge in [-0.1, -0.05) is 0 Å². The number of hydrogen-bond donors (Lipinski definition) is 2. The van der Waals surface area contributed by atoms with E-state index in [-0.39, 0.29) is 5.11 Å². The molecule has 4 nitrogen and oxygen atoms in total. The minimum absolute atomic E-state index is 0.137. The topological polar surface area (TPSA) is 74.7 Å². The zero-order valence-electron chi connectivity index (χ0n) is 6.11. The highest BCUT2D eigenvalue weighted by Gasteiger charge is 1.95. The van der Waals surface area contributed by atoms with Crippen LogP contribution in [0.4, 0.5) is 5.82 Å². The summed E-state index contributed by atoms with van der Waals surface area (Å²) in [7, 11) is 0. The van der Waals surface area contributed by atoms with Crippen molar-refractivity contribution in [3.63, 3.8) is 0 Å². The molecule has 3 N–H and O–H groups in total. The van der Waals surface area contributed by atoms with Gasteiger partial charge in [0.05, 0.1) is 11.6 Å². The van der Waals surface area contributed by atoms with Gasteiger partial charge in [-0.05, 0) is 24.4 Å². The first-order valence-corrected chi connectivity index (χ1v) is 3.56. The Hall–Kier alpha value is -1.67. The Kier molecular flexibility index (Phi) is 2.56. The number of pyridine rings is 1. The van der Waals surface area contributed by atoms with Crippen LogP contribution in [0.15, 0.2) is 18.3 Å². The predicted octanol–water partition coefficient (Wildman–Crippen LogP) is 0.609. The first-order valence-electron chi connectivity index (χ1n) is 3.15. The Balaban J connectivity index is 2.88. The lowest BCUT2D eigenvalue weighted by Crippen LogP contribution is -2.19. The number of nitrogens with two attached hydrogens (primary N) is 1. The molecule has 0 atom stereocenters. The Bertz CT molecular complexity index is 342. The first-order chi connectivity index (χ1) is 5.72. The predicted molar refractivity (Wildman–Crippen MR) is 49.4 cm³/mol. The van der Waals surface area contributed by atoms with Gasteiger partial charge in [-0.3, -0.25) is 0 Å². The monoisotopic (exact) mass is 178 g/mol. The van der Waals surface area contributed by atoms with Gasteiger partial charge in [-0.2, -0.15) is 5.26 Å². The van der Waals surface area contributed by atoms with E-state index >= 15 is 0 Å². The summed E-state index contributed by atoms with van der Waals surface area (Å²) in [5, 5.41) is 11.3. The maximum Gasteiger partial charge on any atom is 0.169 e. The fourth-order valence-corrected chi connectivity index (χ4v) is 0.799. The number of anilines is 1. The fourth-order valence-electron chi connectivity index (χ4n) is 0.695. The van der Waals surface area contributed by atoms with Crippen LogP contribution in [0.2, 0.25) is 0 Å². The van der Waals surface area contributed by atoms with E-state index in [1.165, 1.54) is 6.20 Å². The van der Waals surface area contributed by atoms with E-state index in [1.807, 2.05) is 6.07 Å². The van der Waals surface area contributed by atoms with Crippen LogP contribution < -0.4 is 11.1 Å². The van der Waals surface area contributed by atoms with Gasteiger partial charge in [0.2, 0.25) is 0 Å². The van der Waals surface area contributed by atoms with Crippen molar-refractivity contribution in [2.75, 3.05) is 5.32 Å². The molecule has 0 unspecified atom stereocenters. The first kappa shape index (κ1) is 8.43. The number of thiocarbonyl (C=S) groups is 1. The smallest absolute Gasteiger partial charge is 0.169 e. The SMILES string of the molecule is N#Cc1ccnc(NC(N)=S)c1. The van der Waals surface area contributed by atoms with Gasteiger partial charge in [0.1, 0.15) is 5.82 Å². The van der Waals surface area contributed by atoms with E-state index in [2.05, 4.69) is 22.5 Å². The van der Waals surface area contributed by atoms with Crippen molar-refractivity contribution in [3.05, 3.63) is 23.9 Å². The van der Waals surface area contributed by atoms with Crippen LogP contribution in [0.3, 0.4) is 0 Å². The van der Waals surface area contributed by atoms with Gasteiger partial charge >= 0.3 is 0 Å². The van der Waals surface area contributed by atoms with Crippen LogP contribution in [0.25, 0.3) is 0 Å². The number of nitriles is 1. The highest BCUT2D eigenvalue weighted by molar-refractivity contribution is 7.80. The fraction of sp³-hybridized carbons (Fsp3) is 0. The third kappa shape index (κ3) is 2.18. The molecule has 0 saturated heterocycles. The number of nitrogens with zero attached hydrogens (tertiary/aromatic N) is 2. The standard InChI is InChI=1S/C7H6N4S/c8-4-5-1-2-10-6(3-5)11-7(9)12/h1-3H,(H3,9,10,11,12). The van der Waals surface area contributed by atoms with E-state index in [0.29, 0.717) is 11.4 Å². The Morgan fingerprint density at radius 1 is 1.75 bits per heavy atom. The molecule has 1 heterocycles. The quantitative estimate of drug-likeness (QED) is 0.616. The molecule has 0 aliphatic heterocycles. The molecule has 0 aromatic carbocycles. The number of hydrogen-bond acceptors (Lipinski definition) is 3. The molecule has 5 heteroatoms. The molecular formula is C7H6N4S. The highest BCUT2D eigenvalue weighted by Crippen LogP contribution is 2.04. The molecule has 1 rings (SSSR count). The minimum Gasteiger partial charge on any atom is -0.376 e. The van der Waals surface area contributed by atoms with Crippen LogP contribution in [0, 0.1) is 11.3 Å². The van der Waals surface area contributed by atoms with Crippen LogP contribution in [0.1, 0.15) is 5.56 Å². The molecular weight excluding hydrogens is 172 g/mol. The Labute approximate surface area is 75.0 Å². The minimum atomic E-state index is 0.137. The Morgan fingerprint density at radius 3 is 3.08 bits per heavy atom. The zero-order valence-corrected chi connectivity index (χ0v) is 6.93. The van der Waals surface area contributed by atoms with E-state index in [1.54, 1.807) is 12.1 Å². The van der Waals surface area contributed by atoms with Crippen LogP contribution in [-0.4, -0.2) is 10.1 Å². The average molecular weight is 178 g/mol. The van der Waals surface area contributed by atoms with Gasteiger partial charge in [-0.15, -0.1) is 0 Å². The highest BCUT2D eigenvalue weighted by atomic mass is 32.1. The van der Waals surface area contributed by atoms with E-state index in [0.717, 1.165) is 0 Å². The lowest BCUT2D eigenvalue weighted by molar-refractivity contribution is 1.30. The van der Waals surface area contributed by atoms with E-state index in [4.69, 9.17) is 11.0 Å². The second kappa shape index (κ2) is 3.64. The summed E-state index contributed by atoms with van der Waals surface area (Å²) in [6, 6.07) is 5.15. The third-order valence-corrected chi connectivity index (χ3v) is 1.24. The average Bonchev–Trinajstić information content (AvgIpc) is 2.03. The summed E-state index contributed by atoms with van der Waals surface area (Å²) >= 11 is 4.60. The lowest BCUT2D eigenvalue weighted by Gasteiger charge is -2.00. The van der Waals surface area contributed by atoms with E-state index in [9.17, 15) is 0 Å². The van der Waals surface area contributed by atoms with Crippen molar-refractivity contribution in [3.8, 4) is 6.07 Å². The molecule has 1 aromatic heterocycles. The molecule has 60 valence electrons. The van der Waals surface area contributed by atoms with Crippen molar-refractivity contribution in [1.29, 1.82) is 5.26 Å². The second-order valence-electron chi connectivity index (χ2n) is 2.03. The van der Waals surface area contributed by atoms with Gasteiger partial charge in [0.25, 0.3) is 0 Å². The van der Waals surface area contributed by atoms with Crippen molar-refractivity contribution in [1.82, 2.24) is 4.98 Å². The molecule has 1 aromatic rings. The van der Waals surface area contributed by atoms with Crippen molar-refractivity contribution < 1.29 is 0 Å². The summed E-state index contributed by atoms with van der Waals surface area (Å²) in [6.45, 7) is 0. The summed E-state index contributed by atoms with van der Waals surface area (Å²) in [5.74, 6) is 0.488.